The zero-order chi connectivity index (χ0) is 15.6. The second-order valence-corrected chi connectivity index (χ2v) is 5.24. The van der Waals surface area contributed by atoms with Crippen molar-refractivity contribution in [1.82, 2.24) is 9.55 Å². The molecule has 2 aromatic carbocycles. The Kier molecular flexibility index (Phi) is 6.78. The maximum absolute atomic E-state index is 5.74. The molecule has 0 saturated carbocycles. The minimum absolute atomic E-state index is 0.514. The molecule has 2 radical (unpaired) electrons. The smallest absolute Gasteiger partial charge is 0.0946 e. The molecule has 0 aliphatic heterocycles. The average molecular weight is 309 g/mol. The summed E-state index contributed by atoms with van der Waals surface area (Å²) in [6, 6.07) is 18.1. The Morgan fingerprint density at radius 1 is 1.00 bits per heavy atom. The standard InChI is InChI=1S/C11H12N2.C7H6BCl/c1-2-4-11(5-3-1)6-8-13-9-7-12-10-13;8-5-6-3-1-2-4-7(6)9/h1-5,7,9-10H,6,8H2;1-4H,5H2. The number of hydrogen-bond donors (Lipinski definition) is 0. The van der Waals surface area contributed by atoms with Crippen LogP contribution in [0.1, 0.15) is 11.1 Å². The van der Waals surface area contributed by atoms with Crippen molar-refractivity contribution in [1.29, 1.82) is 0 Å². The zero-order valence-corrected chi connectivity index (χ0v) is 13.2. The Balaban J connectivity index is 0.000000172. The van der Waals surface area contributed by atoms with E-state index in [-0.39, 0.29) is 0 Å². The molecule has 1 heterocycles. The van der Waals surface area contributed by atoms with E-state index in [1.165, 1.54) is 5.56 Å². The quantitative estimate of drug-likeness (QED) is 0.663. The van der Waals surface area contributed by atoms with E-state index in [0.29, 0.717) is 6.32 Å². The van der Waals surface area contributed by atoms with E-state index in [4.69, 9.17) is 19.4 Å². The Labute approximate surface area is 138 Å². The first-order valence-corrected chi connectivity index (χ1v) is 7.60. The van der Waals surface area contributed by atoms with E-state index in [1.54, 1.807) is 0 Å². The van der Waals surface area contributed by atoms with Crippen LogP contribution >= 0.6 is 11.6 Å². The molecular weight excluding hydrogens is 290 g/mol. The zero-order valence-electron chi connectivity index (χ0n) is 12.4. The third-order valence-electron chi connectivity index (χ3n) is 3.24. The topological polar surface area (TPSA) is 17.8 Å². The third-order valence-corrected chi connectivity index (χ3v) is 3.61. The fourth-order valence-corrected chi connectivity index (χ4v) is 2.20. The van der Waals surface area contributed by atoms with Crippen LogP contribution in [0.3, 0.4) is 0 Å². The van der Waals surface area contributed by atoms with E-state index in [0.717, 1.165) is 23.6 Å². The first-order chi connectivity index (χ1) is 10.8. The van der Waals surface area contributed by atoms with Gasteiger partial charge in [-0.3, -0.25) is 0 Å². The van der Waals surface area contributed by atoms with Crippen LogP contribution in [0, 0.1) is 0 Å². The van der Waals surface area contributed by atoms with Gasteiger partial charge in [0, 0.05) is 24.0 Å². The Morgan fingerprint density at radius 2 is 1.73 bits per heavy atom. The predicted octanol–water partition coefficient (Wildman–Crippen LogP) is 4.13. The number of rotatable bonds is 4. The molecule has 0 saturated heterocycles. The van der Waals surface area contributed by atoms with Gasteiger partial charge in [-0.05, 0) is 23.6 Å². The van der Waals surface area contributed by atoms with Crippen molar-refractivity contribution in [2.24, 2.45) is 0 Å². The van der Waals surface area contributed by atoms with Gasteiger partial charge in [0.1, 0.15) is 0 Å². The summed E-state index contributed by atoms with van der Waals surface area (Å²) in [7, 11) is 5.37. The fraction of sp³-hybridized carbons (Fsp3) is 0.167. The third kappa shape index (κ3) is 5.42. The highest BCUT2D eigenvalue weighted by atomic mass is 35.5. The molecule has 0 aliphatic carbocycles. The van der Waals surface area contributed by atoms with E-state index < -0.39 is 0 Å². The highest BCUT2D eigenvalue weighted by Crippen LogP contribution is 2.13. The number of halogens is 1. The van der Waals surface area contributed by atoms with Crippen LogP contribution in [0.2, 0.25) is 5.02 Å². The molecule has 0 atom stereocenters. The first kappa shape index (κ1) is 16.4. The Bertz CT molecular complexity index is 654. The second-order valence-electron chi connectivity index (χ2n) is 4.83. The van der Waals surface area contributed by atoms with Crippen molar-refractivity contribution in [3.05, 3.63) is 89.5 Å². The van der Waals surface area contributed by atoms with Gasteiger partial charge in [-0.15, -0.1) is 0 Å². The number of hydrogen-bond acceptors (Lipinski definition) is 1. The van der Waals surface area contributed by atoms with Crippen molar-refractivity contribution < 1.29 is 0 Å². The minimum atomic E-state index is 0.514. The molecule has 2 nitrogen and oxygen atoms in total. The number of nitrogens with zero attached hydrogens (tertiary/aromatic N) is 2. The van der Waals surface area contributed by atoms with Gasteiger partial charge in [0.2, 0.25) is 0 Å². The molecule has 110 valence electrons. The molecule has 3 rings (SSSR count). The average Bonchev–Trinajstić information content (AvgIpc) is 3.08. The SMILES string of the molecule is [B]Cc1ccccc1Cl.c1ccc(CCn2ccnc2)cc1. The van der Waals surface area contributed by atoms with E-state index in [2.05, 4.69) is 33.8 Å². The van der Waals surface area contributed by atoms with Crippen LogP contribution in [0.5, 0.6) is 0 Å². The summed E-state index contributed by atoms with van der Waals surface area (Å²) in [6.45, 7) is 1.00. The predicted molar refractivity (Wildman–Crippen MR) is 93.3 cm³/mol. The van der Waals surface area contributed by atoms with Gasteiger partial charge < -0.3 is 4.57 Å². The van der Waals surface area contributed by atoms with E-state index in [9.17, 15) is 0 Å². The molecular formula is C18H18BClN2. The van der Waals surface area contributed by atoms with Crippen LogP contribution in [-0.2, 0) is 19.3 Å². The van der Waals surface area contributed by atoms with Crippen molar-refractivity contribution in [3.8, 4) is 0 Å². The van der Waals surface area contributed by atoms with Crippen LogP contribution in [0.15, 0.2) is 73.3 Å². The minimum Gasteiger partial charge on any atom is -0.337 e. The Hall–Kier alpha value is -2.00. The van der Waals surface area contributed by atoms with Crippen molar-refractivity contribution in [3.63, 3.8) is 0 Å². The molecule has 1 aromatic heterocycles. The van der Waals surface area contributed by atoms with Gasteiger partial charge >= 0.3 is 0 Å². The van der Waals surface area contributed by atoms with Crippen LogP contribution in [-0.4, -0.2) is 17.4 Å². The number of imidazole rings is 1. The number of aromatic nitrogens is 2. The van der Waals surface area contributed by atoms with E-state index >= 15 is 0 Å². The molecule has 0 aliphatic rings. The lowest BCUT2D eigenvalue weighted by Gasteiger charge is -2.01. The molecule has 0 spiro atoms. The lowest BCUT2D eigenvalue weighted by molar-refractivity contribution is 0.696. The van der Waals surface area contributed by atoms with Gasteiger partial charge in [0.05, 0.1) is 14.2 Å². The van der Waals surface area contributed by atoms with Crippen molar-refractivity contribution in [2.75, 3.05) is 0 Å². The first-order valence-electron chi connectivity index (χ1n) is 7.22. The van der Waals surface area contributed by atoms with Gasteiger partial charge in [-0.1, -0.05) is 66.5 Å². The van der Waals surface area contributed by atoms with Gasteiger partial charge in [0.15, 0.2) is 0 Å². The van der Waals surface area contributed by atoms with E-state index in [1.807, 2.05) is 49.1 Å². The molecule has 0 bridgehead atoms. The molecule has 0 unspecified atom stereocenters. The lowest BCUT2D eigenvalue weighted by Crippen LogP contribution is -1.97. The molecule has 22 heavy (non-hydrogen) atoms. The maximum Gasteiger partial charge on any atom is 0.0946 e. The van der Waals surface area contributed by atoms with Crippen molar-refractivity contribution in [2.45, 2.75) is 19.3 Å². The van der Waals surface area contributed by atoms with Gasteiger partial charge in [0.25, 0.3) is 0 Å². The molecule has 0 N–H and O–H groups in total. The summed E-state index contributed by atoms with van der Waals surface area (Å²) < 4.78 is 2.09. The van der Waals surface area contributed by atoms with Gasteiger partial charge in [-0.2, -0.15) is 0 Å². The van der Waals surface area contributed by atoms with Crippen molar-refractivity contribution >= 4 is 19.4 Å². The largest absolute Gasteiger partial charge is 0.337 e. The maximum atomic E-state index is 5.74. The normalized spacial score (nSPS) is 9.86. The summed E-state index contributed by atoms with van der Waals surface area (Å²) in [6.07, 6.45) is 7.23. The molecule has 0 fully saturated rings. The highest BCUT2D eigenvalue weighted by molar-refractivity contribution is 6.31. The summed E-state index contributed by atoms with van der Waals surface area (Å²) >= 11 is 5.74. The summed E-state index contributed by atoms with van der Waals surface area (Å²) in [5, 5.41) is 0.750. The molecule has 0 amide bonds. The van der Waals surface area contributed by atoms with Crippen LogP contribution in [0.4, 0.5) is 0 Å². The fourth-order valence-electron chi connectivity index (χ4n) is 1.99. The van der Waals surface area contributed by atoms with Crippen LogP contribution in [0.25, 0.3) is 0 Å². The lowest BCUT2D eigenvalue weighted by atomic mass is 9.97. The summed E-state index contributed by atoms with van der Waals surface area (Å²) in [4.78, 5) is 4.00. The second kappa shape index (κ2) is 9.11. The molecule has 4 heteroatoms. The molecule has 3 aromatic rings. The van der Waals surface area contributed by atoms with Gasteiger partial charge in [-0.25, -0.2) is 4.98 Å². The Morgan fingerprint density at radius 3 is 2.32 bits per heavy atom. The monoisotopic (exact) mass is 308 g/mol. The highest BCUT2D eigenvalue weighted by Gasteiger charge is 1.92. The number of aryl methyl sites for hydroxylation is 2. The summed E-state index contributed by atoms with van der Waals surface area (Å²) in [5.41, 5.74) is 2.37. The van der Waals surface area contributed by atoms with Crippen LogP contribution < -0.4 is 0 Å². The summed E-state index contributed by atoms with van der Waals surface area (Å²) in [5.74, 6) is 0. The number of benzene rings is 2.